The fourth-order valence-corrected chi connectivity index (χ4v) is 7.34. The molecule has 9 heteroatoms. The molecule has 0 bridgehead atoms. The Morgan fingerprint density at radius 2 is 0.695 bits per heavy atom. The van der Waals surface area contributed by atoms with Crippen LogP contribution in [-0.4, -0.2) is 34.5 Å². The third-order valence-electron chi connectivity index (χ3n) is 10.2. The Kier molecular flexibility index (Phi) is 8.71. The Balaban J connectivity index is 1.28. The van der Waals surface area contributed by atoms with Crippen LogP contribution in [0.5, 0.6) is 0 Å². The van der Waals surface area contributed by atoms with Crippen LogP contribution in [0, 0.1) is 22.7 Å². The molecule has 0 saturated heterocycles. The van der Waals surface area contributed by atoms with Gasteiger partial charge >= 0.3 is 0 Å². The van der Waals surface area contributed by atoms with Crippen LogP contribution in [0.3, 0.4) is 0 Å². The minimum absolute atomic E-state index is 0.437. The molecule has 0 amide bonds. The van der Waals surface area contributed by atoms with E-state index in [2.05, 4.69) is 16.7 Å². The number of rotatable bonds is 7. The highest BCUT2D eigenvalue weighted by atomic mass is 15.1. The first-order chi connectivity index (χ1) is 29.1. The predicted molar refractivity (Wildman–Crippen MR) is 230 cm³/mol. The molecule has 0 saturated carbocycles. The Morgan fingerprint density at radius 3 is 1.07 bits per heavy atom. The summed E-state index contributed by atoms with van der Waals surface area (Å²) in [6, 6.07) is 61.3. The Hall–Kier alpha value is -8.66. The van der Waals surface area contributed by atoms with Gasteiger partial charge in [-0.3, -0.25) is 0 Å². The van der Waals surface area contributed by atoms with Crippen molar-refractivity contribution >= 4 is 21.8 Å². The van der Waals surface area contributed by atoms with Gasteiger partial charge in [-0.25, -0.2) is 29.9 Å². The lowest BCUT2D eigenvalue weighted by molar-refractivity contribution is 1.06. The van der Waals surface area contributed by atoms with Crippen molar-refractivity contribution in [3.05, 3.63) is 187 Å². The number of aromatic nitrogens is 7. The SMILES string of the molecule is N#Cc1ccc2c(c1)c1cc(C#N)ccc1n2-c1ccc(-c2nc(-c3ccccc3)nc(-c3ccccc3)n2)cc1-c1nc(-c2ccccc2)nc(-c2ccccc2)n1. The normalized spacial score (nSPS) is 11.0. The van der Waals surface area contributed by atoms with E-state index in [0.717, 1.165) is 55.3 Å². The van der Waals surface area contributed by atoms with Crippen molar-refractivity contribution in [2.75, 3.05) is 0 Å². The van der Waals surface area contributed by atoms with Gasteiger partial charge in [0.05, 0.1) is 40.0 Å². The molecule has 0 unspecified atom stereocenters. The van der Waals surface area contributed by atoms with E-state index in [9.17, 15) is 10.5 Å². The molecule has 0 aliphatic carbocycles. The molecule has 10 aromatic rings. The summed E-state index contributed by atoms with van der Waals surface area (Å²) in [5.74, 6) is 3.04. The van der Waals surface area contributed by atoms with E-state index in [4.69, 9.17) is 29.9 Å². The first kappa shape index (κ1) is 34.8. The van der Waals surface area contributed by atoms with Crippen molar-refractivity contribution in [1.82, 2.24) is 34.5 Å². The molecule has 0 spiro atoms. The van der Waals surface area contributed by atoms with E-state index in [1.165, 1.54) is 0 Å². The third kappa shape index (κ3) is 6.51. The Bertz CT molecular complexity index is 3090. The van der Waals surface area contributed by atoms with Crippen LogP contribution in [0.25, 0.3) is 95.8 Å². The second-order valence-electron chi connectivity index (χ2n) is 13.8. The van der Waals surface area contributed by atoms with Crippen LogP contribution in [0.2, 0.25) is 0 Å². The fraction of sp³-hybridized carbons (Fsp3) is 0. The Morgan fingerprint density at radius 1 is 0.339 bits per heavy atom. The molecule has 0 aliphatic heterocycles. The zero-order chi connectivity index (χ0) is 39.7. The second kappa shape index (κ2) is 14.8. The quantitative estimate of drug-likeness (QED) is 0.157. The molecule has 10 rings (SSSR count). The summed E-state index contributed by atoms with van der Waals surface area (Å²) >= 11 is 0. The molecule has 0 radical (unpaired) electrons. The highest BCUT2D eigenvalue weighted by Gasteiger charge is 2.22. The van der Waals surface area contributed by atoms with E-state index in [1.807, 2.05) is 176 Å². The minimum atomic E-state index is 0.437. The predicted octanol–water partition coefficient (Wildman–Crippen LogP) is 10.9. The summed E-state index contributed by atoms with van der Waals surface area (Å²) in [6.07, 6.45) is 0. The van der Waals surface area contributed by atoms with Crippen LogP contribution in [0.4, 0.5) is 0 Å². The van der Waals surface area contributed by atoms with E-state index in [0.29, 0.717) is 51.6 Å². The van der Waals surface area contributed by atoms with E-state index >= 15 is 0 Å². The number of hydrogen-bond acceptors (Lipinski definition) is 8. The molecule has 59 heavy (non-hydrogen) atoms. The third-order valence-corrected chi connectivity index (χ3v) is 10.2. The van der Waals surface area contributed by atoms with Crippen molar-refractivity contribution in [2.24, 2.45) is 0 Å². The van der Waals surface area contributed by atoms with Gasteiger partial charge < -0.3 is 4.57 Å². The second-order valence-corrected chi connectivity index (χ2v) is 13.8. The smallest absolute Gasteiger partial charge is 0.166 e. The van der Waals surface area contributed by atoms with Crippen molar-refractivity contribution in [3.8, 4) is 86.2 Å². The van der Waals surface area contributed by atoms with Crippen LogP contribution in [0.15, 0.2) is 176 Å². The molecule has 3 heterocycles. The van der Waals surface area contributed by atoms with Crippen LogP contribution < -0.4 is 0 Å². The molecular weight excluding hydrogens is 727 g/mol. The lowest BCUT2D eigenvalue weighted by atomic mass is 10.1. The lowest BCUT2D eigenvalue weighted by Gasteiger charge is -2.16. The lowest BCUT2D eigenvalue weighted by Crippen LogP contribution is -2.05. The molecule has 274 valence electrons. The standard InChI is InChI=1S/C50H29N9/c51-30-32-21-24-42-39(27-32)40-28-33(31-52)22-25-43(40)59(42)44-26-23-38(49-55-45(34-13-5-1-6-14-34)53-46(56-49)35-15-7-2-8-16-35)29-41(44)50-57-47(36-17-9-3-10-18-36)54-48(58-50)37-19-11-4-12-20-37/h1-29H. The number of nitrogens with zero attached hydrogens (tertiary/aromatic N) is 9. The van der Waals surface area contributed by atoms with Gasteiger partial charge in [0.1, 0.15) is 0 Å². The van der Waals surface area contributed by atoms with Gasteiger partial charge in [0.2, 0.25) is 0 Å². The van der Waals surface area contributed by atoms with Gasteiger partial charge in [-0.15, -0.1) is 0 Å². The number of fused-ring (bicyclic) bond motifs is 3. The van der Waals surface area contributed by atoms with Gasteiger partial charge in [-0.1, -0.05) is 121 Å². The minimum Gasteiger partial charge on any atom is -0.308 e. The Labute approximate surface area is 338 Å². The first-order valence-electron chi connectivity index (χ1n) is 18.9. The molecule has 9 nitrogen and oxygen atoms in total. The van der Waals surface area contributed by atoms with Gasteiger partial charge in [-0.2, -0.15) is 10.5 Å². The first-order valence-corrected chi connectivity index (χ1v) is 18.9. The highest BCUT2D eigenvalue weighted by molar-refractivity contribution is 6.10. The molecule has 0 N–H and O–H groups in total. The molecule has 7 aromatic carbocycles. The highest BCUT2D eigenvalue weighted by Crippen LogP contribution is 2.39. The molecule has 0 atom stereocenters. The van der Waals surface area contributed by atoms with Crippen molar-refractivity contribution < 1.29 is 0 Å². The molecule has 0 aliphatic rings. The zero-order valence-electron chi connectivity index (χ0n) is 31.3. The molecule has 0 fully saturated rings. The van der Waals surface area contributed by atoms with Crippen molar-refractivity contribution in [3.63, 3.8) is 0 Å². The summed E-state index contributed by atoms with van der Waals surface area (Å²) in [6.45, 7) is 0. The fourth-order valence-electron chi connectivity index (χ4n) is 7.34. The van der Waals surface area contributed by atoms with Crippen molar-refractivity contribution in [2.45, 2.75) is 0 Å². The topological polar surface area (TPSA) is 130 Å². The average Bonchev–Trinajstić information content (AvgIpc) is 3.64. The van der Waals surface area contributed by atoms with Crippen molar-refractivity contribution in [1.29, 1.82) is 10.5 Å². The van der Waals surface area contributed by atoms with Gasteiger partial charge in [0.25, 0.3) is 0 Å². The number of hydrogen-bond donors (Lipinski definition) is 0. The van der Waals surface area contributed by atoms with Gasteiger partial charge in [-0.05, 0) is 54.6 Å². The summed E-state index contributed by atoms with van der Waals surface area (Å²) in [5, 5.41) is 21.5. The summed E-state index contributed by atoms with van der Waals surface area (Å²) in [7, 11) is 0. The maximum Gasteiger partial charge on any atom is 0.166 e. The largest absolute Gasteiger partial charge is 0.308 e. The average molecular weight is 756 g/mol. The van der Waals surface area contributed by atoms with Crippen LogP contribution in [-0.2, 0) is 0 Å². The van der Waals surface area contributed by atoms with Crippen LogP contribution >= 0.6 is 0 Å². The monoisotopic (exact) mass is 755 g/mol. The summed E-state index contributed by atoms with van der Waals surface area (Å²) < 4.78 is 2.14. The molecular formula is C50H29N9. The maximum absolute atomic E-state index is 9.90. The van der Waals surface area contributed by atoms with Crippen LogP contribution in [0.1, 0.15) is 11.1 Å². The number of benzene rings is 7. The zero-order valence-corrected chi connectivity index (χ0v) is 31.3. The summed E-state index contributed by atoms with van der Waals surface area (Å²) in [4.78, 5) is 30.4. The maximum atomic E-state index is 9.90. The van der Waals surface area contributed by atoms with E-state index in [1.54, 1.807) is 0 Å². The van der Waals surface area contributed by atoms with E-state index in [-0.39, 0.29) is 0 Å². The van der Waals surface area contributed by atoms with E-state index < -0.39 is 0 Å². The number of nitriles is 2. The molecule has 3 aromatic heterocycles. The summed E-state index contributed by atoms with van der Waals surface area (Å²) in [5.41, 5.74) is 8.33. The van der Waals surface area contributed by atoms with Gasteiger partial charge in [0, 0.05) is 44.2 Å². The van der Waals surface area contributed by atoms with Gasteiger partial charge in [0.15, 0.2) is 34.9 Å².